The van der Waals surface area contributed by atoms with Gasteiger partial charge in [0.2, 0.25) is 0 Å². The number of ether oxygens (including phenoxy) is 1. The molecule has 17 heavy (non-hydrogen) atoms. The van der Waals surface area contributed by atoms with Crippen molar-refractivity contribution in [3.05, 3.63) is 28.8 Å². The number of alkyl halides is 3. The zero-order valence-electron chi connectivity index (χ0n) is 8.84. The van der Waals surface area contributed by atoms with Gasteiger partial charge in [-0.1, -0.05) is 0 Å². The monoisotopic (exact) mass is 267 g/mol. The van der Waals surface area contributed by atoms with Gasteiger partial charge in [0, 0.05) is 0 Å². The van der Waals surface area contributed by atoms with Crippen LogP contribution in [0, 0.1) is 5.82 Å². The van der Waals surface area contributed by atoms with E-state index in [2.05, 4.69) is 9.72 Å². The Labute approximate surface area is 101 Å². The van der Waals surface area contributed by atoms with Crippen LogP contribution in [0.4, 0.5) is 13.2 Å². The number of aromatic nitrogens is 1. The maximum Gasteiger partial charge on any atom is 0.310 e. The number of nitrogens with zero attached hydrogens (tertiary/aromatic N) is 1. The van der Waals surface area contributed by atoms with E-state index >= 15 is 0 Å². The molecule has 0 N–H and O–H groups in total. The van der Waals surface area contributed by atoms with Gasteiger partial charge in [0.15, 0.2) is 0 Å². The van der Waals surface area contributed by atoms with Crippen LogP contribution in [-0.4, -0.2) is 18.1 Å². The van der Waals surface area contributed by atoms with Crippen molar-refractivity contribution in [2.75, 3.05) is 7.11 Å². The molecule has 0 amide bonds. The molecule has 1 rings (SSSR count). The number of hydrogen-bond acceptors (Lipinski definition) is 3. The third kappa shape index (κ3) is 3.33. The van der Waals surface area contributed by atoms with E-state index in [1.807, 2.05) is 0 Å². The molecule has 1 aromatic heterocycles. The number of pyridine rings is 1. The average Bonchev–Trinajstić information content (AvgIpc) is 2.28. The number of carbonyl (C=O) groups is 1. The van der Waals surface area contributed by atoms with Crippen molar-refractivity contribution >= 4 is 17.6 Å². The van der Waals surface area contributed by atoms with E-state index in [0.29, 0.717) is 0 Å². The molecule has 1 heterocycles. The highest BCUT2D eigenvalue weighted by Gasteiger charge is 2.20. The molecule has 3 nitrogen and oxygen atoms in total. The third-order valence-corrected chi connectivity index (χ3v) is 2.31. The third-order valence-electron chi connectivity index (χ3n) is 2.06. The van der Waals surface area contributed by atoms with E-state index in [4.69, 9.17) is 11.6 Å². The fraction of sp³-hybridized carbons (Fsp3) is 0.400. The quantitative estimate of drug-likeness (QED) is 0.622. The summed E-state index contributed by atoms with van der Waals surface area (Å²) in [6.45, 7) is 0. The molecule has 0 aromatic carbocycles. The molecule has 0 spiro atoms. The normalized spacial score (nSPS) is 10.7. The van der Waals surface area contributed by atoms with E-state index in [-0.39, 0.29) is 17.1 Å². The topological polar surface area (TPSA) is 39.2 Å². The second kappa shape index (κ2) is 5.86. The highest BCUT2D eigenvalue weighted by molar-refractivity contribution is 6.16. The van der Waals surface area contributed by atoms with Gasteiger partial charge in [0.1, 0.15) is 11.5 Å². The zero-order chi connectivity index (χ0) is 13.0. The first-order valence-electron chi connectivity index (χ1n) is 4.58. The van der Waals surface area contributed by atoms with E-state index in [1.165, 1.54) is 0 Å². The predicted octanol–water partition coefficient (Wildman–Crippen LogP) is 2.61. The summed E-state index contributed by atoms with van der Waals surface area (Å²) in [6, 6.07) is 0.836. The molecule has 0 fully saturated rings. The van der Waals surface area contributed by atoms with Gasteiger partial charge in [-0.15, -0.1) is 11.6 Å². The second-order valence-electron chi connectivity index (χ2n) is 3.15. The van der Waals surface area contributed by atoms with Crippen molar-refractivity contribution in [1.82, 2.24) is 4.98 Å². The number of halogens is 4. The molecule has 0 atom stereocenters. The summed E-state index contributed by atoms with van der Waals surface area (Å²) in [5, 5.41) is 0. The summed E-state index contributed by atoms with van der Waals surface area (Å²) in [5.74, 6) is -1.88. The van der Waals surface area contributed by atoms with Gasteiger partial charge in [-0.2, -0.15) is 0 Å². The highest BCUT2D eigenvalue weighted by Crippen LogP contribution is 2.24. The van der Waals surface area contributed by atoms with Gasteiger partial charge in [0.05, 0.1) is 25.1 Å². The number of methoxy groups -OCH3 is 1. The molecule has 0 aliphatic carbocycles. The lowest BCUT2D eigenvalue weighted by molar-refractivity contribution is -0.139. The van der Waals surface area contributed by atoms with Crippen LogP contribution in [0.25, 0.3) is 0 Å². The molecule has 0 saturated heterocycles. The van der Waals surface area contributed by atoms with Crippen LogP contribution in [0.5, 0.6) is 0 Å². The van der Waals surface area contributed by atoms with Crippen LogP contribution in [0.3, 0.4) is 0 Å². The Bertz CT molecular complexity index is 426. The molecule has 0 saturated carbocycles. The summed E-state index contributed by atoms with van der Waals surface area (Å²) in [6.07, 6.45) is -3.36. The molecule has 0 aliphatic heterocycles. The smallest absolute Gasteiger partial charge is 0.310 e. The fourth-order valence-electron chi connectivity index (χ4n) is 1.23. The minimum Gasteiger partial charge on any atom is -0.469 e. The van der Waals surface area contributed by atoms with Crippen molar-refractivity contribution in [3.63, 3.8) is 0 Å². The van der Waals surface area contributed by atoms with E-state index in [0.717, 1.165) is 13.2 Å². The molecular weight excluding hydrogens is 259 g/mol. The Morgan fingerprint density at radius 3 is 2.71 bits per heavy atom. The van der Waals surface area contributed by atoms with Crippen LogP contribution >= 0.6 is 11.6 Å². The lowest BCUT2D eigenvalue weighted by atomic mass is 10.1. The summed E-state index contributed by atoms with van der Waals surface area (Å²) in [5.41, 5.74) is -1.11. The van der Waals surface area contributed by atoms with Gasteiger partial charge in [-0.05, 0) is 11.6 Å². The van der Waals surface area contributed by atoms with Crippen molar-refractivity contribution < 1.29 is 22.7 Å². The predicted molar refractivity (Wildman–Crippen MR) is 54.4 cm³/mol. The number of esters is 1. The first kappa shape index (κ1) is 13.8. The second-order valence-corrected chi connectivity index (χ2v) is 3.42. The van der Waals surface area contributed by atoms with Gasteiger partial charge in [0.25, 0.3) is 6.43 Å². The van der Waals surface area contributed by atoms with E-state index in [1.54, 1.807) is 0 Å². The molecule has 0 unspecified atom stereocenters. The molecule has 1 aromatic rings. The molecule has 0 bridgehead atoms. The maximum atomic E-state index is 13.3. The average molecular weight is 268 g/mol. The van der Waals surface area contributed by atoms with Crippen molar-refractivity contribution in [2.45, 2.75) is 18.7 Å². The minimum atomic E-state index is -2.91. The summed E-state index contributed by atoms with van der Waals surface area (Å²) in [4.78, 5) is 14.4. The van der Waals surface area contributed by atoms with E-state index in [9.17, 15) is 18.0 Å². The Hall–Kier alpha value is -1.30. The van der Waals surface area contributed by atoms with E-state index < -0.39 is 30.3 Å². The van der Waals surface area contributed by atoms with Crippen molar-refractivity contribution in [1.29, 1.82) is 0 Å². The lowest BCUT2D eigenvalue weighted by Gasteiger charge is -2.09. The number of hydrogen-bond donors (Lipinski definition) is 0. The highest BCUT2D eigenvalue weighted by atomic mass is 35.5. The fourth-order valence-corrected chi connectivity index (χ4v) is 1.42. The standard InChI is InChI=1S/C10H9ClF3NO2/c1-17-8(16)3-5-2-6(12)7(4-11)15-9(5)10(13)14/h2,10H,3-4H2,1H3. The summed E-state index contributed by atoms with van der Waals surface area (Å²) >= 11 is 5.36. The largest absolute Gasteiger partial charge is 0.469 e. The summed E-state index contributed by atoms with van der Waals surface area (Å²) in [7, 11) is 1.11. The Kier molecular flexibility index (Phi) is 4.74. The molecule has 0 radical (unpaired) electrons. The van der Waals surface area contributed by atoms with Crippen LogP contribution < -0.4 is 0 Å². The van der Waals surface area contributed by atoms with Crippen molar-refractivity contribution in [2.24, 2.45) is 0 Å². The number of rotatable bonds is 4. The lowest BCUT2D eigenvalue weighted by Crippen LogP contribution is -2.10. The first-order valence-corrected chi connectivity index (χ1v) is 5.12. The van der Waals surface area contributed by atoms with Gasteiger partial charge >= 0.3 is 5.97 Å². The molecule has 94 valence electrons. The minimum absolute atomic E-state index is 0.196. The van der Waals surface area contributed by atoms with Crippen molar-refractivity contribution in [3.8, 4) is 0 Å². The zero-order valence-corrected chi connectivity index (χ0v) is 9.60. The maximum absolute atomic E-state index is 13.3. The van der Waals surface area contributed by atoms with Gasteiger partial charge in [-0.3, -0.25) is 4.79 Å². The molecule has 7 heteroatoms. The van der Waals surface area contributed by atoms with Gasteiger partial charge < -0.3 is 4.74 Å². The molecular formula is C10H9ClF3NO2. The Balaban J connectivity index is 3.18. The summed E-state index contributed by atoms with van der Waals surface area (Å²) < 4.78 is 42.9. The SMILES string of the molecule is COC(=O)Cc1cc(F)c(CCl)nc1C(F)F. The number of carbonyl (C=O) groups excluding carboxylic acids is 1. The van der Waals surface area contributed by atoms with Crippen LogP contribution in [0.1, 0.15) is 23.4 Å². The Morgan fingerprint density at radius 2 is 2.24 bits per heavy atom. The molecule has 0 aliphatic rings. The van der Waals surface area contributed by atoms with Crippen LogP contribution in [-0.2, 0) is 21.8 Å². The van der Waals surface area contributed by atoms with Gasteiger partial charge in [-0.25, -0.2) is 18.2 Å². The van der Waals surface area contributed by atoms with Crippen LogP contribution in [0.15, 0.2) is 6.07 Å². The first-order chi connectivity index (χ1) is 7.99. The Morgan fingerprint density at radius 1 is 1.59 bits per heavy atom. The van der Waals surface area contributed by atoms with Crippen LogP contribution in [0.2, 0.25) is 0 Å².